The van der Waals surface area contributed by atoms with Crippen LogP contribution in [0.4, 0.5) is 11.5 Å². The van der Waals surface area contributed by atoms with E-state index in [1.165, 1.54) is 0 Å². The molecule has 8 nitrogen and oxygen atoms in total. The number of piperazine rings is 1. The Balaban J connectivity index is 1.29. The molecule has 3 aliphatic rings. The first-order chi connectivity index (χ1) is 17.6. The lowest BCUT2D eigenvalue weighted by Crippen LogP contribution is -2.44. The van der Waals surface area contributed by atoms with Crippen molar-refractivity contribution >= 4 is 22.4 Å². The highest BCUT2D eigenvalue weighted by Crippen LogP contribution is 2.36. The first-order valence-corrected chi connectivity index (χ1v) is 12.3. The van der Waals surface area contributed by atoms with Gasteiger partial charge in [0, 0.05) is 43.2 Å². The maximum atomic E-state index is 9.76. The van der Waals surface area contributed by atoms with E-state index in [-0.39, 0.29) is 0 Å². The van der Waals surface area contributed by atoms with Crippen LogP contribution in [-0.4, -0.2) is 68.3 Å². The molecule has 1 aliphatic carbocycles. The fraction of sp³-hybridized carbons (Fsp3) is 0.357. The van der Waals surface area contributed by atoms with E-state index in [2.05, 4.69) is 28.2 Å². The zero-order valence-electron chi connectivity index (χ0n) is 20.8. The zero-order valence-corrected chi connectivity index (χ0v) is 20.8. The maximum Gasteiger partial charge on any atom is 0.163 e. The molecule has 1 fully saturated rings. The van der Waals surface area contributed by atoms with E-state index in [1.807, 2.05) is 42.5 Å². The Morgan fingerprint density at radius 2 is 1.94 bits per heavy atom. The summed E-state index contributed by atoms with van der Waals surface area (Å²) in [6.07, 6.45) is 3.69. The number of methoxy groups -OCH3 is 1. The third-order valence-electron chi connectivity index (χ3n) is 6.67. The molecule has 2 aromatic rings. The second kappa shape index (κ2) is 10.9. The first kappa shape index (κ1) is 23.9. The number of nitrogens with one attached hydrogen (secondary N) is 1. The average Bonchev–Trinajstić information content (AvgIpc) is 3.31. The molecule has 0 bridgehead atoms. The number of nitriles is 1. The topological polar surface area (TPSA) is 86.8 Å². The third-order valence-corrected chi connectivity index (χ3v) is 6.67. The lowest BCUT2D eigenvalue weighted by atomic mass is 10.1. The summed E-state index contributed by atoms with van der Waals surface area (Å²) >= 11 is 0. The summed E-state index contributed by atoms with van der Waals surface area (Å²) in [4.78, 5) is 9.65. The van der Waals surface area contributed by atoms with Crippen LogP contribution >= 0.6 is 0 Å². The molecule has 0 radical (unpaired) electrons. The van der Waals surface area contributed by atoms with E-state index in [4.69, 9.17) is 18.9 Å². The maximum absolute atomic E-state index is 9.76. The van der Waals surface area contributed by atoms with E-state index in [0.29, 0.717) is 29.5 Å². The second-order valence-corrected chi connectivity index (χ2v) is 9.16. The zero-order chi connectivity index (χ0) is 24.9. The van der Waals surface area contributed by atoms with Crippen LogP contribution in [0.1, 0.15) is 18.4 Å². The molecule has 1 N–H and O–H groups in total. The Morgan fingerprint density at radius 3 is 2.75 bits per heavy atom. The Labute approximate surface area is 211 Å². The van der Waals surface area contributed by atoms with Gasteiger partial charge in [-0.3, -0.25) is 0 Å². The van der Waals surface area contributed by atoms with Crippen molar-refractivity contribution in [3.63, 3.8) is 0 Å². The molecule has 0 saturated carbocycles. The number of unbranched alkanes of at least 4 members (excludes halogenated alkanes) is 1. The number of fused-ring (bicyclic) bond motifs is 2. The van der Waals surface area contributed by atoms with Crippen LogP contribution in [0.3, 0.4) is 0 Å². The SMILES string of the molecule is COc1cc2cc(C#N)c(Nc3ccc4cccoc3-4)nc2cc1OCCCCN1CCN(C)CC1. The summed E-state index contributed by atoms with van der Waals surface area (Å²) in [5.41, 5.74) is 2.90. The summed E-state index contributed by atoms with van der Waals surface area (Å²) in [5, 5.41) is 13.8. The molecule has 186 valence electrons. The van der Waals surface area contributed by atoms with Crippen molar-refractivity contribution < 1.29 is 13.9 Å². The largest absolute Gasteiger partial charge is 0.493 e. The smallest absolute Gasteiger partial charge is 0.163 e. The van der Waals surface area contributed by atoms with Gasteiger partial charge in [-0.2, -0.15) is 5.26 Å². The molecule has 36 heavy (non-hydrogen) atoms. The van der Waals surface area contributed by atoms with E-state index in [9.17, 15) is 5.26 Å². The van der Waals surface area contributed by atoms with Crippen molar-refractivity contribution in [2.75, 3.05) is 58.8 Å². The van der Waals surface area contributed by atoms with Crippen molar-refractivity contribution in [3.8, 4) is 28.9 Å². The molecular formula is C28H31N5O3. The fourth-order valence-corrected chi connectivity index (χ4v) is 4.54. The first-order valence-electron chi connectivity index (χ1n) is 12.3. The minimum atomic E-state index is 0.437. The van der Waals surface area contributed by atoms with Gasteiger partial charge < -0.3 is 29.0 Å². The normalized spacial score (nSPS) is 14.7. The number of anilines is 2. The molecule has 3 heterocycles. The van der Waals surface area contributed by atoms with Crippen LogP contribution in [0, 0.1) is 11.3 Å². The van der Waals surface area contributed by atoms with Gasteiger partial charge in [0.2, 0.25) is 0 Å². The minimum absolute atomic E-state index is 0.437. The van der Waals surface area contributed by atoms with Gasteiger partial charge >= 0.3 is 0 Å². The number of ether oxygens (including phenoxy) is 2. The van der Waals surface area contributed by atoms with Crippen LogP contribution in [0.25, 0.3) is 22.2 Å². The predicted octanol–water partition coefficient (Wildman–Crippen LogP) is 4.96. The highest BCUT2D eigenvalue weighted by atomic mass is 16.5. The summed E-state index contributed by atoms with van der Waals surface area (Å²) in [5.74, 6) is 2.48. The number of pyridine rings is 1. The van der Waals surface area contributed by atoms with Crippen molar-refractivity contribution in [1.82, 2.24) is 14.8 Å². The van der Waals surface area contributed by atoms with Crippen LogP contribution in [-0.2, 0) is 0 Å². The van der Waals surface area contributed by atoms with Crippen molar-refractivity contribution in [2.24, 2.45) is 0 Å². The average molecular weight is 486 g/mol. The number of nitrogens with zero attached hydrogens (tertiary/aromatic N) is 4. The van der Waals surface area contributed by atoms with Crippen LogP contribution in [0.2, 0.25) is 0 Å². The quantitative estimate of drug-likeness (QED) is 0.333. The molecule has 1 saturated heterocycles. The van der Waals surface area contributed by atoms with Crippen molar-refractivity contribution in [3.05, 3.63) is 54.3 Å². The molecule has 0 spiro atoms. The summed E-state index contributed by atoms with van der Waals surface area (Å²) in [7, 11) is 3.80. The van der Waals surface area contributed by atoms with Crippen LogP contribution in [0.15, 0.2) is 53.1 Å². The number of hydrogen-bond donors (Lipinski definition) is 1. The fourth-order valence-electron chi connectivity index (χ4n) is 4.54. The minimum Gasteiger partial charge on any atom is -0.493 e. The van der Waals surface area contributed by atoms with Gasteiger partial charge in [0.25, 0.3) is 0 Å². The van der Waals surface area contributed by atoms with Crippen molar-refractivity contribution in [1.29, 1.82) is 5.26 Å². The monoisotopic (exact) mass is 485 g/mol. The van der Waals surface area contributed by atoms with Gasteiger partial charge in [-0.25, -0.2) is 4.98 Å². The van der Waals surface area contributed by atoms with Gasteiger partial charge in [-0.15, -0.1) is 0 Å². The molecule has 8 heteroatoms. The lowest BCUT2D eigenvalue weighted by molar-refractivity contribution is 0.149. The Morgan fingerprint density at radius 1 is 1.08 bits per heavy atom. The van der Waals surface area contributed by atoms with E-state index in [0.717, 1.165) is 73.5 Å². The highest BCUT2D eigenvalue weighted by Gasteiger charge is 2.17. The highest BCUT2D eigenvalue weighted by molar-refractivity contribution is 5.88. The molecule has 0 atom stereocenters. The summed E-state index contributed by atoms with van der Waals surface area (Å²) < 4.78 is 17.3. The predicted molar refractivity (Wildman–Crippen MR) is 140 cm³/mol. The van der Waals surface area contributed by atoms with Crippen LogP contribution in [0.5, 0.6) is 11.5 Å². The summed E-state index contributed by atoms with van der Waals surface area (Å²) in [6, 6.07) is 15.5. The molecule has 0 unspecified atom stereocenters. The second-order valence-electron chi connectivity index (χ2n) is 9.16. The summed E-state index contributed by atoms with van der Waals surface area (Å²) in [6.45, 7) is 6.26. The number of benzene rings is 1. The molecule has 5 rings (SSSR count). The van der Waals surface area contributed by atoms with E-state index in [1.54, 1.807) is 13.4 Å². The van der Waals surface area contributed by atoms with Crippen LogP contribution < -0.4 is 14.8 Å². The molecule has 2 aliphatic heterocycles. The Bertz CT molecular complexity index is 1340. The van der Waals surface area contributed by atoms with Crippen molar-refractivity contribution in [2.45, 2.75) is 12.8 Å². The Kier molecular flexibility index (Phi) is 7.21. The number of likely N-dealkylation sites (N-methyl/N-ethyl adjacent to an activating group) is 1. The molecule has 0 amide bonds. The molecule has 1 aromatic carbocycles. The molecule has 1 aromatic heterocycles. The lowest BCUT2D eigenvalue weighted by Gasteiger charge is -2.32. The Hall–Kier alpha value is -3.80. The third kappa shape index (κ3) is 5.23. The van der Waals surface area contributed by atoms with Gasteiger partial charge in [0.15, 0.2) is 17.3 Å². The van der Waals surface area contributed by atoms with Gasteiger partial charge in [0.1, 0.15) is 11.9 Å². The van der Waals surface area contributed by atoms with Gasteiger partial charge in [-0.1, -0.05) is 0 Å². The molecular weight excluding hydrogens is 454 g/mol. The standard InChI is InChI=1S/C28H31N5O3/c1-32-10-12-33(13-11-32)9-3-4-14-35-26-18-24-21(17-25(26)34-2)16-22(19-29)28(31-24)30-23-8-7-20-6-5-15-36-27(20)23/h5-8,15-18H,3-4,9-14H2,1-2H3,(H,30,31). The van der Waals surface area contributed by atoms with E-state index >= 15 is 0 Å². The van der Waals surface area contributed by atoms with Gasteiger partial charge in [0.05, 0.1) is 36.7 Å². The number of aromatic nitrogens is 1. The van der Waals surface area contributed by atoms with Gasteiger partial charge in [-0.05, 0) is 62.8 Å². The number of rotatable bonds is 9. The number of hydrogen-bond acceptors (Lipinski definition) is 8. The van der Waals surface area contributed by atoms with E-state index < -0.39 is 0 Å².